The lowest BCUT2D eigenvalue weighted by atomic mass is 10.2. The molecule has 0 saturated carbocycles. The number of nitrogens with two attached hydrogens (primary N) is 1. The Kier molecular flexibility index (Phi) is 8.43. The lowest BCUT2D eigenvalue weighted by Gasteiger charge is -2.09. The third-order valence-corrected chi connectivity index (χ3v) is 5.83. The van der Waals surface area contributed by atoms with Crippen LogP contribution in [0.5, 0.6) is 0 Å². The van der Waals surface area contributed by atoms with Crippen LogP contribution in [0.3, 0.4) is 0 Å². The molecule has 0 aromatic heterocycles. The summed E-state index contributed by atoms with van der Waals surface area (Å²) < 4.78 is 22.7. The topological polar surface area (TPSA) is 144 Å². The minimum Gasteiger partial charge on any atom is -0.379 e. The number of anilines is 1. The zero-order chi connectivity index (χ0) is 21.3. The van der Waals surface area contributed by atoms with Crippen molar-refractivity contribution in [3.05, 3.63) is 58.6 Å². The predicted octanol–water partition coefficient (Wildman–Crippen LogP) is 2.34. The van der Waals surface area contributed by atoms with Gasteiger partial charge in [-0.3, -0.25) is 14.9 Å². The van der Waals surface area contributed by atoms with Crippen LogP contribution in [-0.4, -0.2) is 38.1 Å². The smallest absolute Gasteiger partial charge is 0.293 e. The van der Waals surface area contributed by atoms with Gasteiger partial charge in [-0.05, 0) is 36.4 Å². The van der Waals surface area contributed by atoms with Crippen LogP contribution in [-0.2, 0) is 14.8 Å². The quantitative estimate of drug-likeness (QED) is 0.211. The van der Waals surface area contributed by atoms with Crippen molar-refractivity contribution in [3.63, 3.8) is 0 Å². The molecule has 9 nitrogen and oxygen atoms in total. The second kappa shape index (κ2) is 10.8. The molecule has 0 radical (unpaired) electrons. The maximum atomic E-state index is 11.9. The molecule has 156 valence electrons. The van der Waals surface area contributed by atoms with Gasteiger partial charge in [-0.2, -0.15) is 0 Å². The summed E-state index contributed by atoms with van der Waals surface area (Å²) in [5, 5.41) is 21.7. The van der Waals surface area contributed by atoms with Crippen LogP contribution < -0.4 is 15.8 Å². The normalized spacial score (nSPS) is 11.1. The number of nitrogens with zero attached hydrogens (tertiary/aromatic N) is 1. The summed E-state index contributed by atoms with van der Waals surface area (Å²) in [6, 6.07) is 13.3. The fraction of sp³-hybridized carbons (Fsp3) is 0.278. The molecule has 0 aliphatic rings. The van der Waals surface area contributed by atoms with E-state index >= 15 is 0 Å². The summed E-state index contributed by atoms with van der Waals surface area (Å²) in [6.45, 7) is 0.710. The number of nitro benzene ring substituents is 1. The number of thioether (sulfide) groups is 1. The van der Waals surface area contributed by atoms with Crippen LogP contribution in [0.4, 0.5) is 11.4 Å². The van der Waals surface area contributed by atoms with Crippen molar-refractivity contribution >= 4 is 39.1 Å². The van der Waals surface area contributed by atoms with Gasteiger partial charge in [0.1, 0.15) is 5.69 Å². The zero-order valence-corrected chi connectivity index (χ0v) is 17.2. The average Bonchev–Trinajstić information content (AvgIpc) is 2.67. The molecule has 0 atom stereocenters. The van der Waals surface area contributed by atoms with E-state index in [0.29, 0.717) is 6.54 Å². The van der Waals surface area contributed by atoms with Crippen molar-refractivity contribution in [1.82, 2.24) is 5.32 Å². The molecule has 0 aliphatic carbocycles. The van der Waals surface area contributed by atoms with Gasteiger partial charge in [0.25, 0.3) is 5.69 Å². The molecule has 0 bridgehead atoms. The number of benzene rings is 2. The molecule has 1 amide bonds. The van der Waals surface area contributed by atoms with E-state index in [0.717, 1.165) is 18.2 Å². The monoisotopic (exact) mass is 438 g/mol. The lowest BCUT2D eigenvalue weighted by Crippen LogP contribution is -2.26. The third kappa shape index (κ3) is 7.72. The Labute approximate surface area is 173 Å². The number of rotatable bonds is 11. The highest BCUT2D eigenvalue weighted by atomic mass is 32.2. The zero-order valence-electron chi connectivity index (χ0n) is 15.5. The first kappa shape index (κ1) is 22.7. The maximum Gasteiger partial charge on any atom is 0.293 e. The Morgan fingerprint density at radius 2 is 1.86 bits per heavy atom. The van der Waals surface area contributed by atoms with Gasteiger partial charge in [0.2, 0.25) is 15.9 Å². The lowest BCUT2D eigenvalue weighted by molar-refractivity contribution is -0.384. The number of nitrogens with one attached hydrogen (secondary N) is 2. The molecule has 0 aliphatic heterocycles. The molecule has 0 spiro atoms. The standard InChI is InChI=1S/C18H22N4O5S2/c19-29(26,27)15-7-8-16(17(13-15)22(24)25)20-11-9-18(23)21-10-4-12-28-14-5-2-1-3-6-14/h1-3,5-8,13,20H,4,9-12H2,(H,21,23)(H2,19,26,27). The van der Waals surface area contributed by atoms with Crippen molar-refractivity contribution in [2.75, 3.05) is 24.2 Å². The van der Waals surface area contributed by atoms with E-state index in [4.69, 9.17) is 5.14 Å². The fourth-order valence-electron chi connectivity index (χ4n) is 2.39. The Balaban J connectivity index is 1.73. The highest BCUT2D eigenvalue weighted by Gasteiger charge is 2.19. The van der Waals surface area contributed by atoms with Crippen LogP contribution in [0.25, 0.3) is 0 Å². The highest BCUT2D eigenvalue weighted by molar-refractivity contribution is 7.99. The van der Waals surface area contributed by atoms with Gasteiger partial charge in [0.05, 0.1) is 9.82 Å². The van der Waals surface area contributed by atoms with E-state index in [-0.39, 0.29) is 29.5 Å². The maximum absolute atomic E-state index is 11.9. The van der Waals surface area contributed by atoms with Gasteiger partial charge in [-0.1, -0.05) is 18.2 Å². The van der Waals surface area contributed by atoms with E-state index in [1.54, 1.807) is 11.8 Å². The van der Waals surface area contributed by atoms with Crippen molar-refractivity contribution in [2.45, 2.75) is 22.6 Å². The molecule has 2 aromatic rings. The molecular formula is C18H22N4O5S2. The number of hydrogen-bond donors (Lipinski definition) is 3. The molecule has 4 N–H and O–H groups in total. The number of carbonyl (C=O) groups excluding carboxylic acids is 1. The van der Waals surface area contributed by atoms with Gasteiger partial charge in [-0.25, -0.2) is 13.6 Å². The minimum absolute atomic E-state index is 0.120. The minimum atomic E-state index is -4.04. The number of hydrogen-bond acceptors (Lipinski definition) is 7. The van der Waals surface area contributed by atoms with Crippen LogP contribution in [0.15, 0.2) is 58.3 Å². The third-order valence-electron chi connectivity index (χ3n) is 3.82. The van der Waals surface area contributed by atoms with E-state index in [2.05, 4.69) is 10.6 Å². The molecule has 29 heavy (non-hydrogen) atoms. The Morgan fingerprint density at radius 1 is 1.14 bits per heavy atom. The Bertz CT molecular complexity index is 952. The SMILES string of the molecule is NS(=O)(=O)c1ccc(NCCC(=O)NCCCSc2ccccc2)c([N+](=O)[O-])c1. The Morgan fingerprint density at radius 3 is 2.52 bits per heavy atom. The number of sulfonamides is 1. The van der Waals surface area contributed by atoms with Crippen LogP contribution in [0.2, 0.25) is 0 Å². The fourth-order valence-corrected chi connectivity index (χ4v) is 3.80. The second-order valence-electron chi connectivity index (χ2n) is 6.02. The van der Waals surface area contributed by atoms with Crippen LogP contribution >= 0.6 is 11.8 Å². The molecule has 0 unspecified atom stereocenters. The van der Waals surface area contributed by atoms with Crippen molar-refractivity contribution < 1.29 is 18.1 Å². The van der Waals surface area contributed by atoms with Crippen molar-refractivity contribution in [1.29, 1.82) is 0 Å². The summed E-state index contributed by atoms with van der Waals surface area (Å²) >= 11 is 1.72. The number of carbonyl (C=O) groups is 1. The Hall–Kier alpha value is -2.63. The summed E-state index contributed by atoms with van der Waals surface area (Å²) in [6.07, 6.45) is 0.944. The molecule has 0 saturated heterocycles. The first-order valence-corrected chi connectivity index (χ1v) is 11.3. The van der Waals surface area contributed by atoms with Crippen LogP contribution in [0, 0.1) is 10.1 Å². The van der Waals surface area contributed by atoms with E-state index in [1.807, 2.05) is 30.3 Å². The first-order chi connectivity index (χ1) is 13.8. The van der Waals surface area contributed by atoms with Gasteiger partial charge in [0.15, 0.2) is 0 Å². The predicted molar refractivity (Wildman–Crippen MR) is 112 cm³/mol. The summed E-state index contributed by atoms with van der Waals surface area (Å²) in [5.74, 6) is 0.705. The molecule has 11 heteroatoms. The van der Waals surface area contributed by atoms with Gasteiger partial charge >= 0.3 is 0 Å². The van der Waals surface area contributed by atoms with E-state index in [9.17, 15) is 23.3 Å². The number of nitro groups is 1. The molecule has 0 fully saturated rings. The summed E-state index contributed by atoms with van der Waals surface area (Å²) in [5.41, 5.74) is -0.302. The van der Waals surface area contributed by atoms with Gasteiger partial charge in [0, 0.05) is 30.5 Å². The number of amides is 1. The van der Waals surface area contributed by atoms with E-state index < -0.39 is 20.6 Å². The molecule has 2 aromatic carbocycles. The van der Waals surface area contributed by atoms with Gasteiger partial charge in [-0.15, -0.1) is 11.8 Å². The largest absolute Gasteiger partial charge is 0.379 e. The first-order valence-electron chi connectivity index (χ1n) is 8.77. The summed E-state index contributed by atoms with van der Waals surface area (Å²) in [7, 11) is -4.04. The van der Waals surface area contributed by atoms with Crippen LogP contribution in [0.1, 0.15) is 12.8 Å². The van der Waals surface area contributed by atoms with Crippen molar-refractivity contribution in [3.8, 4) is 0 Å². The number of primary sulfonamides is 1. The van der Waals surface area contributed by atoms with Crippen molar-refractivity contribution in [2.24, 2.45) is 5.14 Å². The van der Waals surface area contributed by atoms with Gasteiger partial charge < -0.3 is 10.6 Å². The highest BCUT2D eigenvalue weighted by Crippen LogP contribution is 2.27. The molecule has 2 rings (SSSR count). The second-order valence-corrected chi connectivity index (χ2v) is 8.75. The molecule has 0 heterocycles. The van der Waals surface area contributed by atoms with E-state index in [1.165, 1.54) is 17.0 Å². The summed E-state index contributed by atoms with van der Waals surface area (Å²) in [4.78, 5) is 23.2. The molecular weight excluding hydrogens is 416 g/mol. The average molecular weight is 439 g/mol.